The van der Waals surface area contributed by atoms with Gasteiger partial charge in [-0.1, -0.05) is 25.1 Å². The summed E-state index contributed by atoms with van der Waals surface area (Å²) >= 11 is 0. The van der Waals surface area contributed by atoms with Crippen LogP contribution in [0.5, 0.6) is 0 Å². The SMILES string of the molecule is C[C@@H]1CCCN(C(=O)CN2CCN(S(=O)(=O)c3ccccc3)CC2)C1. The van der Waals surface area contributed by atoms with Gasteiger partial charge in [0.2, 0.25) is 15.9 Å². The Bertz CT molecular complexity index is 685. The molecule has 2 fully saturated rings. The van der Waals surface area contributed by atoms with Crippen LogP contribution in [0.3, 0.4) is 0 Å². The van der Waals surface area contributed by atoms with Crippen LogP contribution in [0.15, 0.2) is 35.2 Å². The van der Waals surface area contributed by atoms with E-state index in [4.69, 9.17) is 0 Å². The highest BCUT2D eigenvalue weighted by Crippen LogP contribution is 2.18. The number of likely N-dealkylation sites (tertiary alicyclic amines) is 1. The zero-order valence-electron chi connectivity index (χ0n) is 14.8. The Hall–Kier alpha value is -1.44. The van der Waals surface area contributed by atoms with Crippen LogP contribution in [0, 0.1) is 5.92 Å². The van der Waals surface area contributed by atoms with E-state index < -0.39 is 10.0 Å². The molecule has 0 unspecified atom stereocenters. The summed E-state index contributed by atoms with van der Waals surface area (Å²) in [6.45, 7) is 6.34. The maximum absolute atomic E-state index is 12.6. The molecule has 0 N–H and O–H groups in total. The van der Waals surface area contributed by atoms with Crippen molar-refractivity contribution in [1.82, 2.24) is 14.1 Å². The summed E-state index contributed by atoms with van der Waals surface area (Å²) in [5.74, 6) is 0.747. The van der Waals surface area contributed by atoms with E-state index >= 15 is 0 Å². The van der Waals surface area contributed by atoms with Gasteiger partial charge in [-0.25, -0.2) is 8.42 Å². The summed E-state index contributed by atoms with van der Waals surface area (Å²) < 4.78 is 26.8. The smallest absolute Gasteiger partial charge is 0.243 e. The molecule has 0 aromatic heterocycles. The maximum Gasteiger partial charge on any atom is 0.243 e. The van der Waals surface area contributed by atoms with Crippen LogP contribution in [0.25, 0.3) is 0 Å². The summed E-state index contributed by atoms with van der Waals surface area (Å²) in [5.41, 5.74) is 0. The molecule has 2 heterocycles. The number of nitrogens with zero attached hydrogens (tertiary/aromatic N) is 3. The Morgan fingerprint density at radius 1 is 1.08 bits per heavy atom. The number of carbonyl (C=O) groups is 1. The van der Waals surface area contributed by atoms with Crippen LogP contribution in [0.2, 0.25) is 0 Å². The summed E-state index contributed by atoms with van der Waals surface area (Å²) in [4.78, 5) is 16.8. The van der Waals surface area contributed by atoms with Crippen LogP contribution >= 0.6 is 0 Å². The summed E-state index contributed by atoms with van der Waals surface area (Å²) in [6.07, 6.45) is 2.27. The van der Waals surface area contributed by atoms with Crippen LogP contribution in [-0.2, 0) is 14.8 Å². The lowest BCUT2D eigenvalue weighted by Crippen LogP contribution is -2.52. The zero-order valence-corrected chi connectivity index (χ0v) is 15.6. The second-order valence-corrected chi connectivity index (χ2v) is 9.02. The lowest BCUT2D eigenvalue weighted by atomic mass is 10.0. The molecular weight excluding hydrogens is 338 g/mol. The minimum absolute atomic E-state index is 0.172. The van der Waals surface area contributed by atoms with Crippen molar-refractivity contribution in [3.05, 3.63) is 30.3 Å². The lowest BCUT2D eigenvalue weighted by Gasteiger charge is -2.36. The molecule has 2 saturated heterocycles. The molecule has 0 bridgehead atoms. The van der Waals surface area contributed by atoms with Crippen LogP contribution < -0.4 is 0 Å². The number of hydrogen-bond acceptors (Lipinski definition) is 4. The summed E-state index contributed by atoms with van der Waals surface area (Å²) in [7, 11) is -3.43. The average molecular weight is 365 g/mol. The molecule has 1 atom stereocenters. The molecule has 0 spiro atoms. The van der Waals surface area contributed by atoms with E-state index in [0.29, 0.717) is 43.5 Å². The topological polar surface area (TPSA) is 60.9 Å². The van der Waals surface area contributed by atoms with E-state index in [9.17, 15) is 13.2 Å². The first kappa shape index (κ1) is 18.4. The number of piperidine rings is 1. The number of carbonyl (C=O) groups excluding carboxylic acids is 1. The molecule has 1 aromatic carbocycles. The van der Waals surface area contributed by atoms with Gasteiger partial charge in [0.15, 0.2) is 0 Å². The molecule has 0 saturated carbocycles. The summed E-state index contributed by atoms with van der Waals surface area (Å²) in [5, 5.41) is 0. The molecule has 2 aliphatic heterocycles. The number of rotatable bonds is 4. The molecule has 3 rings (SSSR count). The van der Waals surface area contributed by atoms with E-state index in [-0.39, 0.29) is 5.91 Å². The van der Waals surface area contributed by atoms with Crippen LogP contribution in [0.1, 0.15) is 19.8 Å². The van der Waals surface area contributed by atoms with Gasteiger partial charge in [0.25, 0.3) is 0 Å². The van der Waals surface area contributed by atoms with Gasteiger partial charge in [-0.15, -0.1) is 0 Å². The highest BCUT2D eigenvalue weighted by atomic mass is 32.2. The highest BCUT2D eigenvalue weighted by molar-refractivity contribution is 7.89. The molecule has 2 aliphatic rings. The normalized spacial score (nSPS) is 23.6. The third-order valence-electron chi connectivity index (χ3n) is 5.08. The molecule has 1 aromatic rings. The monoisotopic (exact) mass is 365 g/mol. The number of amides is 1. The number of sulfonamides is 1. The predicted molar refractivity (Wildman–Crippen MR) is 96.6 cm³/mol. The fourth-order valence-electron chi connectivity index (χ4n) is 3.58. The highest BCUT2D eigenvalue weighted by Gasteiger charge is 2.30. The fraction of sp³-hybridized carbons (Fsp3) is 0.611. The van der Waals surface area contributed by atoms with Gasteiger partial charge in [-0.2, -0.15) is 4.31 Å². The minimum Gasteiger partial charge on any atom is -0.341 e. The van der Waals surface area contributed by atoms with Gasteiger partial charge >= 0.3 is 0 Å². The van der Waals surface area contributed by atoms with Gasteiger partial charge in [-0.3, -0.25) is 9.69 Å². The second-order valence-electron chi connectivity index (χ2n) is 7.08. The van der Waals surface area contributed by atoms with Gasteiger partial charge < -0.3 is 4.90 Å². The van der Waals surface area contributed by atoms with Crippen molar-refractivity contribution in [2.45, 2.75) is 24.7 Å². The van der Waals surface area contributed by atoms with Crippen molar-refractivity contribution < 1.29 is 13.2 Å². The molecule has 1 amide bonds. The van der Waals surface area contributed by atoms with Gasteiger partial charge in [0, 0.05) is 39.3 Å². The van der Waals surface area contributed by atoms with E-state index in [0.717, 1.165) is 19.5 Å². The number of benzene rings is 1. The summed E-state index contributed by atoms with van der Waals surface area (Å²) in [6, 6.07) is 8.54. The van der Waals surface area contributed by atoms with Gasteiger partial charge in [0.1, 0.15) is 0 Å². The Morgan fingerprint density at radius 2 is 1.76 bits per heavy atom. The van der Waals surface area contributed by atoms with Crippen molar-refractivity contribution in [1.29, 1.82) is 0 Å². The number of piperazine rings is 1. The standard InChI is InChI=1S/C18H27N3O3S/c1-16-6-5-9-20(14-16)18(22)15-19-10-12-21(13-11-19)25(23,24)17-7-3-2-4-8-17/h2-4,7-8,16H,5-6,9-15H2,1H3/t16-/m1/s1. The van der Waals surface area contributed by atoms with Gasteiger partial charge in [0.05, 0.1) is 11.4 Å². The van der Waals surface area contributed by atoms with E-state index in [1.54, 1.807) is 24.3 Å². The molecule has 138 valence electrons. The van der Waals surface area contributed by atoms with Gasteiger partial charge in [-0.05, 0) is 30.9 Å². The van der Waals surface area contributed by atoms with Crippen LogP contribution in [0.4, 0.5) is 0 Å². The Morgan fingerprint density at radius 3 is 2.40 bits per heavy atom. The maximum atomic E-state index is 12.6. The van der Waals surface area contributed by atoms with Crippen LogP contribution in [-0.4, -0.2) is 74.2 Å². The van der Waals surface area contributed by atoms with Crippen molar-refractivity contribution >= 4 is 15.9 Å². The quantitative estimate of drug-likeness (QED) is 0.806. The fourth-order valence-corrected chi connectivity index (χ4v) is 5.02. The van der Waals surface area contributed by atoms with Crippen molar-refractivity contribution in [3.63, 3.8) is 0 Å². The first-order chi connectivity index (χ1) is 12.0. The molecule has 25 heavy (non-hydrogen) atoms. The van der Waals surface area contributed by atoms with Crippen molar-refractivity contribution in [2.75, 3.05) is 45.8 Å². The molecule has 0 radical (unpaired) electrons. The van der Waals surface area contributed by atoms with E-state index in [2.05, 4.69) is 11.8 Å². The Kier molecular flexibility index (Phi) is 5.76. The molecule has 0 aliphatic carbocycles. The third-order valence-corrected chi connectivity index (χ3v) is 6.99. The predicted octanol–water partition coefficient (Wildman–Crippen LogP) is 1.25. The molecule has 6 nitrogen and oxygen atoms in total. The Balaban J connectivity index is 1.53. The lowest BCUT2D eigenvalue weighted by molar-refractivity contribution is -0.134. The molecular formula is C18H27N3O3S. The van der Waals surface area contributed by atoms with Crippen molar-refractivity contribution in [3.8, 4) is 0 Å². The zero-order chi connectivity index (χ0) is 17.9. The third kappa shape index (κ3) is 4.40. The molecule has 7 heteroatoms. The first-order valence-electron chi connectivity index (χ1n) is 9.02. The minimum atomic E-state index is -3.43. The largest absolute Gasteiger partial charge is 0.341 e. The average Bonchev–Trinajstić information content (AvgIpc) is 2.63. The first-order valence-corrected chi connectivity index (χ1v) is 10.5. The van der Waals surface area contributed by atoms with E-state index in [1.807, 2.05) is 11.0 Å². The Labute approximate surface area is 150 Å². The number of hydrogen-bond donors (Lipinski definition) is 0. The van der Waals surface area contributed by atoms with E-state index in [1.165, 1.54) is 10.7 Å². The second kappa shape index (κ2) is 7.85. The van der Waals surface area contributed by atoms with Crippen molar-refractivity contribution in [2.24, 2.45) is 5.92 Å².